The molecule has 3 N–H and O–H groups in total. The van der Waals surface area contributed by atoms with E-state index in [0.29, 0.717) is 22.9 Å². The van der Waals surface area contributed by atoms with Crippen molar-refractivity contribution in [2.45, 2.75) is 6.54 Å². The van der Waals surface area contributed by atoms with E-state index in [2.05, 4.69) is 30.9 Å². The number of benzene rings is 2. The molecule has 25 heavy (non-hydrogen) atoms. The molecule has 2 aromatic heterocycles. The standard InChI is InChI=1S/C19H14BrN3O2/c20-13-3-4-14-15(8-13)16(19(25)23-18(14)24)10-21-9-11-1-2-12-5-6-22-17(12)7-11/h1-8,10,22H,9H2,(H2,23,24,25). The summed E-state index contributed by atoms with van der Waals surface area (Å²) in [5, 5.41) is 12.4. The number of hydrogen-bond acceptors (Lipinski definition) is 3. The average Bonchev–Trinajstić information content (AvgIpc) is 3.05. The van der Waals surface area contributed by atoms with Crippen LogP contribution >= 0.6 is 15.9 Å². The zero-order valence-electron chi connectivity index (χ0n) is 13.1. The number of H-pyrrole nitrogens is 2. The van der Waals surface area contributed by atoms with Crippen molar-refractivity contribution in [1.82, 2.24) is 9.97 Å². The summed E-state index contributed by atoms with van der Waals surface area (Å²) in [5.74, 6) is -0.181. The number of halogens is 1. The molecule has 0 spiro atoms. The molecule has 124 valence electrons. The second kappa shape index (κ2) is 6.22. The van der Waals surface area contributed by atoms with Crippen molar-refractivity contribution >= 4 is 43.8 Å². The van der Waals surface area contributed by atoms with Crippen LogP contribution in [0.5, 0.6) is 5.88 Å². The molecule has 0 saturated heterocycles. The zero-order chi connectivity index (χ0) is 17.4. The van der Waals surface area contributed by atoms with Gasteiger partial charge in [-0.25, -0.2) is 0 Å². The lowest BCUT2D eigenvalue weighted by Crippen LogP contribution is -2.08. The fourth-order valence-electron chi connectivity index (χ4n) is 2.87. The molecule has 5 nitrogen and oxygen atoms in total. The van der Waals surface area contributed by atoms with Crippen molar-refractivity contribution in [3.05, 3.63) is 74.6 Å². The first-order chi connectivity index (χ1) is 12.1. The number of fused-ring (bicyclic) bond motifs is 2. The number of aromatic amines is 2. The summed E-state index contributed by atoms with van der Waals surface area (Å²) in [5.41, 5.74) is 2.29. The SMILES string of the molecule is O=c1[nH]c(O)c(C=NCc2ccc3cc[nH]c3c2)c2cc(Br)ccc12. The minimum atomic E-state index is -0.325. The van der Waals surface area contributed by atoms with E-state index in [1.807, 2.05) is 30.5 Å². The van der Waals surface area contributed by atoms with Crippen LogP contribution in [-0.2, 0) is 6.54 Å². The Morgan fingerprint density at radius 3 is 2.88 bits per heavy atom. The first kappa shape index (κ1) is 15.7. The molecule has 0 unspecified atom stereocenters. The van der Waals surface area contributed by atoms with Crippen molar-refractivity contribution in [2.24, 2.45) is 4.99 Å². The molecule has 2 heterocycles. The first-order valence-corrected chi connectivity index (χ1v) is 8.51. The van der Waals surface area contributed by atoms with E-state index in [0.717, 1.165) is 20.9 Å². The third kappa shape index (κ3) is 2.96. The minimum Gasteiger partial charge on any atom is -0.494 e. The quantitative estimate of drug-likeness (QED) is 0.456. The van der Waals surface area contributed by atoms with Gasteiger partial charge in [0.25, 0.3) is 5.56 Å². The Hall–Kier alpha value is -2.86. The van der Waals surface area contributed by atoms with Gasteiger partial charge in [-0.2, -0.15) is 0 Å². The molecule has 0 saturated carbocycles. The van der Waals surface area contributed by atoms with Gasteiger partial charge in [0.15, 0.2) is 0 Å². The number of nitrogens with zero attached hydrogens (tertiary/aromatic N) is 1. The van der Waals surface area contributed by atoms with Crippen LogP contribution in [0.3, 0.4) is 0 Å². The van der Waals surface area contributed by atoms with E-state index in [-0.39, 0.29) is 11.4 Å². The van der Waals surface area contributed by atoms with Crippen molar-refractivity contribution in [1.29, 1.82) is 0 Å². The minimum absolute atomic E-state index is 0.181. The second-order valence-electron chi connectivity index (χ2n) is 5.78. The monoisotopic (exact) mass is 395 g/mol. The lowest BCUT2D eigenvalue weighted by Gasteiger charge is -2.05. The molecule has 0 bridgehead atoms. The van der Waals surface area contributed by atoms with Crippen LogP contribution in [0, 0.1) is 0 Å². The summed E-state index contributed by atoms with van der Waals surface area (Å²) in [6.45, 7) is 0.475. The van der Waals surface area contributed by atoms with Gasteiger partial charge in [0.05, 0.1) is 12.1 Å². The number of aliphatic imine (C=N–C) groups is 1. The summed E-state index contributed by atoms with van der Waals surface area (Å²) in [6, 6.07) is 13.4. The summed E-state index contributed by atoms with van der Waals surface area (Å²) >= 11 is 3.40. The van der Waals surface area contributed by atoms with Gasteiger partial charge >= 0.3 is 0 Å². The number of aromatic nitrogens is 2. The molecule has 4 rings (SSSR count). The predicted octanol–water partition coefficient (Wildman–Crippen LogP) is 4.10. The number of hydrogen-bond donors (Lipinski definition) is 3. The van der Waals surface area contributed by atoms with Crippen LogP contribution in [-0.4, -0.2) is 21.3 Å². The van der Waals surface area contributed by atoms with Gasteiger partial charge in [-0.1, -0.05) is 28.1 Å². The van der Waals surface area contributed by atoms with Crippen molar-refractivity contribution in [3.8, 4) is 5.88 Å². The maximum atomic E-state index is 12.0. The molecular formula is C19H14BrN3O2. The number of pyridine rings is 1. The van der Waals surface area contributed by atoms with Crippen molar-refractivity contribution in [3.63, 3.8) is 0 Å². The van der Waals surface area contributed by atoms with E-state index in [9.17, 15) is 9.90 Å². The fraction of sp³-hybridized carbons (Fsp3) is 0.0526. The molecule has 0 radical (unpaired) electrons. The first-order valence-electron chi connectivity index (χ1n) is 7.72. The molecule has 0 aliphatic carbocycles. The van der Waals surface area contributed by atoms with E-state index in [4.69, 9.17) is 0 Å². The number of aromatic hydroxyl groups is 1. The van der Waals surface area contributed by atoms with Gasteiger partial charge in [0.1, 0.15) is 0 Å². The Balaban J connectivity index is 1.71. The number of rotatable bonds is 3. The van der Waals surface area contributed by atoms with Gasteiger partial charge in [-0.3, -0.25) is 14.8 Å². The van der Waals surface area contributed by atoms with Crippen LogP contribution in [0.2, 0.25) is 0 Å². The highest BCUT2D eigenvalue weighted by Crippen LogP contribution is 2.24. The number of nitrogens with one attached hydrogen (secondary N) is 2. The third-order valence-electron chi connectivity index (χ3n) is 4.12. The Bertz CT molecular complexity index is 1170. The van der Waals surface area contributed by atoms with E-state index >= 15 is 0 Å². The molecule has 0 atom stereocenters. The highest BCUT2D eigenvalue weighted by Gasteiger charge is 2.09. The highest BCUT2D eigenvalue weighted by molar-refractivity contribution is 9.10. The largest absolute Gasteiger partial charge is 0.494 e. The summed E-state index contributed by atoms with van der Waals surface area (Å²) in [4.78, 5) is 22.1. The Labute approximate surface area is 151 Å². The Kier molecular flexibility index (Phi) is 3.89. The van der Waals surface area contributed by atoms with Crippen LogP contribution < -0.4 is 5.56 Å². The van der Waals surface area contributed by atoms with Gasteiger partial charge in [-0.15, -0.1) is 0 Å². The van der Waals surface area contributed by atoms with Gasteiger partial charge in [-0.05, 0) is 41.3 Å². The summed E-state index contributed by atoms with van der Waals surface area (Å²) in [7, 11) is 0. The molecule has 4 aromatic rings. The van der Waals surface area contributed by atoms with Crippen LogP contribution in [0.1, 0.15) is 11.1 Å². The lowest BCUT2D eigenvalue weighted by atomic mass is 10.1. The summed E-state index contributed by atoms with van der Waals surface area (Å²) < 4.78 is 0.830. The van der Waals surface area contributed by atoms with Gasteiger partial charge in [0, 0.05) is 33.2 Å². The smallest absolute Gasteiger partial charge is 0.258 e. The highest BCUT2D eigenvalue weighted by atomic mass is 79.9. The predicted molar refractivity (Wildman–Crippen MR) is 104 cm³/mol. The molecule has 2 aromatic carbocycles. The molecule has 0 amide bonds. The normalized spacial score (nSPS) is 11.7. The maximum Gasteiger partial charge on any atom is 0.258 e. The summed E-state index contributed by atoms with van der Waals surface area (Å²) in [6.07, 6.45) is 3.50. The van der Waals surface area contributed by atoms with Crippen LogP contribution in [0.15, 0.2) is 62.9 Å². The lowest BCUT2D eigenvalue weighted by molar-refractivity contribution is 0.452. The molecule has 6 heteroatoms. The molecule has 0 fully saturated rings. The second-order valence-corrected chi connectivity index (χ2v) is 6.69. The van der Waals surface area contributed by atoms with Gasteiger partial charge < -0.3 is 10.1 Å². The fourth-order valence-corrected chi connectivity index (χ4v) is 3.23. The van der Waals surface area contributed by atoms with Gasteiger partial charge in [0.2, 0.25) is 5.88 Å². The Morgan fingerprint density at radius 2 is 2.00 bits per heavy atom. The maximum absolute atomic E-state index is 12.0. The zero-order valence-corrected chi connectivity index (χ0v) is 14.7. The Morgan fingerprint density at radius 1 is 1.12 bits per heavy atom. The van der Waals surface area contributed by atoms with Crippen molar-refractivity contribution < 1.29 is 5.11 Å². The van der Waals surface area contributed by atoms with Crippen molar-refractivity contribution in [2.75, 3.05) is 0 Å². The average molecular weight is 396 g/mol. The third-order valence-corrected chi connectivity index (χ3v) is 4.61. The van der Waals surface area contributed by atoms with E-state index in [1.54, 1.807) is 24.4 Å². The van der Waals surface area contributed by atoms with E-state index in [1.165, 1.54) is 0 Å². The van der Waals surface area contributed by atoms with Crippen LogP contribution in [0.25, 0.3) is 21.7 Å². The molecule has 0 aliphatic heterocycles. The van der Waals surface area contributed by atoms with E-state index < -0.39 is 0 Å². The topological polar surface area (TPSA) is 81.2 Å². The van der Waals surface area contributed by atoms with Crippen LogP contribution in [0.4, 0.5) is 0 Å². The molecule has 0 aliphatic rings. The molecular weight excluding hydrogens is 382 g/mol.